The van der Waals surface area contributed by atoms with Gasteiger partial charge in [-0.25, -0.2) is 0 Å². The van der Waals surface area contributed by atoms with E-state index in [-0.39, 0.29) is 0 Å². The Balaban J connectivity index is 1.36. The lowest BCUT2D eigenvalue weighted by Gasteiger charge is -2.18. The topological polar surface area (TPSA) is 27.7 Å². The summed E-state index contributed by atoms with van der Waals surface area (Å²) in [6.07, 6.45) is 2.05. The number of aromatic nitrogens is 4. The van der Waals surface area contributed by atoms with Crippen LogP contribution in [0.25, 0.3) is 93.7 Å². The van der Waals surface area contributed by atoms with Gasteiger partial charge in [0.05, 0.1) is 56.4 Å². The van der Waals surface area contributed by atoms with E-state index in [1.165, 1.54) is 54.4 Å². The van der Waals surface area contributed by atoms with E-state index in [9.17, 15) is 0 Å². The molecule has 0 fully saturated rings. The van der Waals surface area contributed by atoms with Gasteiger partial charge in [-0.05, 0) is 54.6 Å². The van der Waals surface area contributed by atoms with E-state index in [1.54, 1.807) is 0 Å². The van der Waals surface area contributed by atoms with Crippen LogP contribution in [0.4, 0.5) is 0 Å². The number of fused-ring (bicyclic) bond motifs is 9. The smallest absolute Gasteiger partial charge is 0.0724 e. The Hall–Kier alpha value is -6.91. The number of para-hydroxylation sites is 5. The van der Waals surface area contributed by atoms with Crippen molar-refractivity contribution in [3.8, 4) is 28.3 Å². The first kappa shape index (κ1) is 28.0. The van der Waals surface area contributed by atoms with Gasteiger partial charge in [-0.2, -0.15) is 0 Å². The summed E-state index contributed by atoms with van der Waals surface area (Å²) in [4.78, 5) is 5.04. The average molecular weight is 651 g/mol. The monoisotopic (exact) mass is 650 g/mol. The molecule has 0 atom stereocenters. The van der Waals surface area contributed by atoms with E-state index in [1.807, 2.05) is 6.20 Å². The van der Waals surface area contributed by atoms with Crippen LogP contribution in [-0.2, 0) is 0 Å². The normalized spacial score (nSPS) is 11.9. The van der Waals surface area contributed by atoms with E-state index < -0.39 is 0 Å². The van der Waals surface area contributed by atoms with Crippen molar-refractivity contribution < 1.29 is 0 Å². The molecule has 4 nitrogen and oxygen atoms in total. The SMILES string of the molecule is c1ccc(-c2cc3c4cc(-n5c6ccccc6c6ccccc65)c(-n5c6ccccc6c6ccccc65)cc4n(-c4ccccc4)c3cn2)cc1. The lowest BCUT2D eigenvalue weighted by Crippen LogP contribution is -2.04. The second kappa shape index (κ2) is 10.8. The molecular weight excluding hydrogens is 621 g/mol. The Bertz CT molecular complexity index is 3020. The Labute approximate surface area is 293 Å². The third-order valence-corrected chi connectivity index (χ3v) is 10.5. The minimum absolute atomic E-state index is 0.958. The molecular formula is C47H30N4. The van der Waals surface area contributed by atoms with Crippen molar-refractivity contribution in [2.45, 2.75) is 0 Å². The Morgan fingerprint density at radius 1 is 0.314 bits per heavy atom. The van der Waals surface area contributed by atoms with Gasteiger partial charge in [-0.15, -0.1) is 0 Å². The van der Waals surface area contributed by atoms with E-state index in [2.05, 4.69) is 190 Å². The summed E-state index contributed by atoms with van der Waals surface area (Å²) >= 11 is 0. The van der Waals surface area contributed by atoms with Crippen LogP contribution in [0.1, 0.15) is 0 Å². The van der Waals surface area contributed by atoms with E-state index in [0.29, 0.717) is 0 Å². The van der Waals surface area contributed by atoms with Gasteiger partial charge in [0.1, 0.15) is 0 Å². The number of hydrogen-bond acceptors (Lipinski definition) is 1. The highest BCUT2D eigenvalue weighted by Gasteiger charge is 2.23. The van der Waals surface area contributed by atoms with Crippen LogP contribution in [0.2, 0.25) is 0 Å². The molecule has 0 saturated heterocycles. The van der Waals surface area contributed by atoms with Crippen molar-refractivity contribution in [3.63, 3.8) is 0 Å². The molecule has 238 valence electrons. The van der Waals surface area contributed by atoms with Crippen LogP contribution in [-0.4, -0.2) is 18.7 Å². The number of pyridine rings is 1. The van der Waals surface area contributed by atoms with Crippen molar-refractivity contribution in [2.24, 2.45) is 0 Å². The predicted molar refractivity (Wildman–Crippen MR) is 213 cm³/mol. The molecule has 0 N–H and O–H groups in total. The Kier molecular flexibility index (Phi) is 5.92. The molecule has 0 unspecified atom stereocenters. The van der Waals surface area contributed by atoms with Crippen molar-refractivity contribution in [3.05, 3.63) is 182 Å². The maximum Gasteiger partial charge on any atom is 0.0724 e. The van der Waals surface area contributed by atoms with Gasteiger partial charge < -0.3 is 13.7 Å². The first-order valence-electron chi connectivity index (χ1n) is 17.4. The Morgan fingerprint density at radius 2 is 0.745 bits per heavy atom. The second-order valence-electron chi connectivity index (χ2n) is 13.2. The summed E-state index contributed by atoms with van der Waals surface area (Å²) in [7, 11) is 0. The van der Waals surface area contributed by atoms with Crippen molar-refractivity contribution in [1.82, 2.24) is 18.7 Å². The van der Waals surface area contributed by atoms with Crippen LogP contribution >= 0.6 is 0 Å². The number of hydrogen-bond donors (Lipinski definition) is 0. The summed E-state index contributed by atoms with van der Waals surface area (Å²) in [6, 6.07) is 63.3. The number of benzene rings is 7. The molecule has 7 aromatic carbocycles. The zero-order valence-electron chi connectivity index (χ0n) is 27.6. The third-order valence-electron chi connectivity index (χ3n) is 10.5. The second-order valence-corrected chi connectivity index (χ2v) is 13.2. The summed E-state index contributed by atoms with van der Waals surface area (Å²) in [5, 5.41) is 7.30. The van der Waals surface area contributed by atoms with Crippen molar-refractivity contribution in [2.75, 3.05) is 0 Å². The molecule has 0 aliphatic rings. The minimum Gasteiger partial charge on any atom is -0.308 e. The molecule has 4 heteroatoms. The van der Waals surface area contributed by atoms with Gasteiger partial charge in [0.25, 0.3) is 0 Å². The first-order chi connectivity index (χ1) is 25.3. The molecule has 4 aromatic heterocycles. The summed E-state index contributed by atoms with van der Waals surface area (Å²) in [5.74, 6) is 0. The lowest BCUT2D eigenvalue weighted by atomic mass is 10.1. The summed E-state index contributed by atoms with van der Waals surface area (Å²) in [6.45, 7) is 0. The van der Waals surface area contributed by atoms with Gasteiger partial charge in [-0.1, -0.05) is 121 Å². The van der Waals surface area contributed by atoms with Gasteiger partial charge in [-0.3, -0.25) is 4.98 Å². The highest BCUT2D eigenvalue weighted by atomic mass is 15.1. The molecule has 4 heterocycles. The highest BCUT2D eigenvalue weighted by molar-refractivity contribution is 6.15. The minimum atomic E-state index is 0.958. The fourth-order valence-corrected chi connectivity index (χ4v) is 8.28. The summed E-state index contributed by atoms with van der Waals surface area (Å²) < 4.78 is 7.30. The first-order valence-corrected chi connectivity index (χ1v) is 17.4. The standard InChI is InChI=1S/C47H30N4/c1-3-15-31(16-4-1)39-27-37-38-28-45(50-40-23-11-7-19-33(40)34-20-8-12-24-41(34)50)46(29-44(38)49(47(37)30-48-39)32-17-5-2-6-18-32)51-42-25-13-9-21-35(42)36-22-10-14-26-43(36)51/h1-30H. The Morgan fingerprint density at radius 3 is 1.27 bits per heavy atom. The van der Waals surface area contributed by atoms with E-state index >= 15 is 0 Å². The van der Waals surface area contributed by atoms with Crippen LogP contribution < -0.4 is 0 Å². The molecule has 0 bridgehead atoms. The van der Waals surface area contributed by atoms with Gasteiger partial charge in [0, 0.05) is 43.6 Å². The van der Waals surface area contributed by atoms with Crippen LogP contribution in [0, 0.1) is 0 Å². The quantitative estimate of drug-likeness (QED) is 0.186. The average Bonchev–Trinajstić information content (AvgIpc) is 3.83. The molecule has 0 spiro atoms. The number of nitrogens with zero attached hydrogens (tertiary/aromatic N) is 4. The van der Waals surface area contributed by atoms with E-state index in [4.69, 9.17) is 4.98 Å². The van der Waals surface area contributed by atoms with Gasteiger partial charge in [0.15, 0.2) is 0 Å². The largest absolute Gasteiger partial charge is 0.308 e. The van der Waals surface area contributed by atoms with Gasteiger partial charge in [0.2, 0.25) is 0 Å². The molecule has 0 amide bonds. The van der Waals surface area contributed by atoms with Crippen LogP contribution in [0.5, 0.6) is 0 Å². The molecule has 11 rings (SSSR count). The highest BCUT2D eigenvalue weighted by Crippen LogP contribution is 2.42. The lowest BCUT2D eigenvalue weighted by molar-refractivity contribution is 1.09. The fourth-order valence-electron chi connectivity index (χ4n) is 8.28. The van der Waals surface area contributed by atoms with Crippen LogP contribution in [0.3, 0.4) is 0 Å². The fraction of sp³-hybridized carbons (Fsp3) is 0. The molecule has 11 aromatic rings. The predicted octanol–water partition coefficient (Wildman–Crippen LogP) is 12.0. The third kappa shape index (κ3) is 4.05. The summed E-state index contributed by atoms with van der Waals surface area (Å²) in [5.41, 5.74) is 12.3. The maximum absolute atomic E-state index is 5.04. The van der Waals surface area contributed by atoms with Crippen molar-refractivity contribution >= 4 is 65.4 Å². The zero-order chi connectivity index (χ0) is 33.5. The molecule has 0 aliphatic heterocycles. The molecule has 0 radical (unpaired) electrons. The maximum atomic E-state index is 5.04. The molecule has 0 aliphatic carbocycles. The molecule has 51 heavy (non-hydrogen) atoms. The van der Waals surface area contributed by atoms with Crippen LogP contribution in [0.15, 0.2) is 182 Å². The zero-order valence-corrected chi connectivity index (χ0v) is 27.6. The van der Waals surface area contributed by atoms with Crippen molar-refractivity contribution in [1.29, 1.82) is 0 Å². The molecule has 0 saturated carbocycles. The van der Waals surface area contributed by atoms with Gasteiger partial charge >= 0.3 is 0 Å². The number of rotatable bonds is 4. The van der Waals surface area contributed by atoms with E-state index in [0.717, 1.165) is 39.4 Å².